The van der Waals surface area contributed by atoms with Crippen molar-refractivity contribution in [2.45, 2.75) is 0 Å². The maximum Gasteiger partial charge on any atom is 0.160 e. The van der Waals surface area contributed by atoms with Crippen molar-refractivity contribution in [1.82, 2.24) is 28.2 Å². The molecule has 6 nitrogen and oxygen atoms in total. The van der Waals surface area contributed by atoms with E-state index < -0.39 is 0 Å². The number of hydrogen-bond acceptors (Lipinski definition) is 2. The maximum absolute atomic E-state index is 5.76. The molecule has 5 heterocycles. The van der Waals surface area contributed by atoms with E-state index in [2.05, 4.69) is 286 Å². The van der Waals surface area contributed by atoms with E-state index in [0.29, 0.717) is 5.82 Å². The number of aromatic nitrogens is 6. The van der Waals surface area contributed by atoms with Crippen LogP contribution in [-0.4, -0.2) is 28.2 Å². The molecule has 0 aliphatic heterocycles. The smallest absolute Gasteiger partial charge is 0.160 e. The van der Waals surface area contributed by atoms with Gasteiger partial charge in [-0.25, -0.2) is 9.97 Å². The van der Waals surface area contributed by atoms with E-state index in [-0.39, 0.29) is 0 Å². The van der Waals surface area contributed by atoms with Crippen molar-refractivity contribution in [1.29, 1.82) is 0 Å². The molecule has 0 saturated carbocycles. The molecule has 0 amide bonds. The molecule has 16 aromatic rings. The molecule has 78 heavy (non-hydrogen) atoms. The Balaban J connectivity index is 1.01. The molecule has 0 radical (unpaired) electrons. The molecular weight excluding hydrogens is 949 g/mol. The molecule has 0 fully saturated rings. The lowest BCUT2D eigenvalue weighted by molar-refractivity contribution is 1.12. The first kappa shape index (κ1) is 43.8. The molecule has 0 unspecified atom stereocenters. The minimum atomic E-state index is 0.612. The minimum Gasteiger partial charge on any atom is -0.309 e. The summed E-state index contributed by atoms with van der Waals surface area (Å²) >= 11 is 0. The van der Waals surface area contributed by atoms with E-state index in [1.54, 1.807) is 0 Å². The quantitative estimate of drug-likeness (QED) is 0.152. The average molecular weight is 995 g/mol. The first-order chi connectivity index (χ1) is 38.6. The van der Waals surface area contributed by atoms with E-state index >= 15 is 0 Å². The molecule has 0 aliphatic carbocycles. The summed E-state index contributed by atoms with van der Waals surface area (Å²) in [5.41, 5.74) is 18.6. The van der Waals surface area contributed by atoms with Crippen LogP contribution in [0.15, 0.2) is 267 Å². The molecule has 6 heteroatoms. The Labute approximate surface area is 448 Å². The average Bonchev–Trinajstić information content (AvgIpc) is 4.28. The van der Waals surface area contributed by atoms with E-state index in [4.69, 9.17) is 9.97 Å². The molecular formula is C72H46N6. The molecule has 364 valence electrons. The number of rotatable bonds is 8. The second-order valence-electron chi connectivity index (χ2n) is 20.2. The van der Waals surface area contributed by atoms with E-state index in [9.17, 15) is 0 Å². The van der Waals surface area contributed by atoms with Crippen molar-refractivity contribution >= 4 is 93.3 Å². The highest BCUT2D eigenvalue weighted by molar-refractivity contribution is 6.13. The van der Waals surface area contributed by atoms with Gasteiger partial charge in [-0.1, -0.05) is 183 Å². The number of nitrogens with zero attached hydrogens (tertiary/aromatic N) is 6. The summed E-state index contributed by atoms with van der Waals surface area (Å²) in [5, 5.41) is 9.60. The second kappa shape index (κ2) is 17.2. The predicted molar refractivity (Wildman–Crippen MR) is 326 cm³/mol. The van der Waals surface area contributed by atoms with Crippen molar-refractivity contribution in [3.63, 3.8) is 0 Å². The fraction of sp³-hybridized carbons (Fsp3) is 0. The van der Waals surface area contributed by atoms with Crippen LogP contribution in [0.2, 0.25) is 0 Å². The van der Waals surface area contributed by atoms with Crippen LogP contribution in [0.3, 0.4) is 0 Å². The van der Waals surface area contributed by atoms with Gasteiger partial charge in [-0.05, 0) is 96.6 Å². The van der Waals surface area contributed by atoms with Crippen LogP contribution < -0.4 is 0 Å². The van der Waals surface area contributed by atoms with Gasteiger partial charge >= 0.3 is 0 Å². The van der Waals surface area contributed by atoms with Crippen molar-refractivity contribution < 1.29 is 0 Å². The summed E-state index contributed by atoms with van der Waals surface area (Å²) in [6, 6.07) is 94.3. The van der Waals surface area contributed by atoms with Crippen molar-refractivity contribution in [3.05, 3.63) is 273 Å². The van der Waals surface area contributed by atoms with Crippen molar-refractivity contribution in [2.75, 3.05) is 0 Å². The molecule has 0 atom stereocenters. The zero-order valence-electron chi connectivity index (χ0n) is 42.3. The number of hydrogen-bond donors (Lipinski definition) is 0. The van der Waals surface area contributed by atoms with Gasteiger partial charge in [-0.3, -0.25) is 0 Å². The van der Waals surface area contributed by atoms with Crippen LogP contribution in [0.25, 0.3) is 150 Å². The van der Waals surface area contributed by atoms with Gasteiger partial charge in [0.05, 0.1) is 55.5 Å². The summed E-state index contributed by atoms with van der Waals surface area (Å²) in [4.78, 5) is 11.3. The molecule has 0 bridgehead atoms. The lowest BCUT2D eigenvalue weighted by Crippen LogP contribution is -2.03. The largest absolute Gasteiger partial charge is 0.309 e. The van der Waals surface area contributed by atoms with Gasteiger partial charge in [0.2, 0.25) is 0 Å². The highest BCUT2D eigenvalue weighted by atomic mass is 15.0. The molecule has 0 aliphatic rings. The lowest BCUT2D eigenvalue weighted by atomic mass is 10.0. The van der Waals surface area contributed by atoms with Crippen LogP contribution in [0.4, 0.5) is 0 Å². The van der Waals surface area contributed by atoms with Gasteiger partial charge in [0.15, 0.2) is 5.82 Å². The molecule has 11 aromatic carbocycles. The minimum absolute atomic E-state index is 0.612. The third kappa shape index (κ3) is 6.70. The van der Waals surface area contributed by atoms with Gasteiger partial charge in [-0.15, -0.1) is 0 Å². The predicted octanol–water partition coefficient (Wildman–Crippen LogP) is 18.5. The van der Waals surface area contributed by atoms with Gasteiger partial charge < -0.3 is 18.3 Å². The molecule has 0 saturated heterocycles. The number of para-hydroxylation sites is 8. The fourth-order valence-electron chi connectivity index (χ4n) is 12.4. The van der Waals surface area contributed by atoms with Crippen LogP contribution in [-0.2, 0) is 0 Å². The van der Waals surface area contributed by atoms with E-state index in [1.807, 2.05) is 6.08 Å². The van der Waals surface area contributed by atoms with E-state index in [1.165, 1.54) is 43.1 Å². The highest BCUT2D eigenvalue weighted by Crippen LogP contribution is 2.41. The van der Waals surface area contributed by atoms with Gasteiger partial charge in [0.25, 0.3) is 0 Å². The fourth-order valence-corrected chi connectivity index (χ4v) is 12.4. The Morgan fingerprint density at radius 3 is 0.795 bits per heavy atom. The van der Waals surface area contributed by atoms with Crippen LogP contribution in [0.5, 0.6) is 0 Å². The Morgan fingerprint density at radius 2 is 0.513 bits per heavy atom. The number of fused-ring (bicyclic) bond motifs is 12. The Hall–Kier alpha value is -10.6. The first-order valence-electron chi connectivity index (χ1n) is 26.5. The van der Waals surface area contributed by atoms with Crippen LogP contribution in [0.1, 0.15) is 5.56 Å². The Bertz CT molecular complexity index is 4350. The Morgan fingerprint density at radius 1 is 0.256 bits per heavy atom. The third-order valence-corrected chi connectivity index (χ3v) is 15.9. The lowest BCUT2D eigenvalue weighted by Gasteiger charge is -2.17. The van der Waals surface area contributed by atoms with Gasteiger partial charge in [-0.2, -0.15) is 0 Å². The van der Waals surface area contributed by atoms with Gasteiger partial charge in [0, 0.05) is 82.5 Å². The molecule has 0 spiro atoms. The first-order valence-corrected chi connectivity index (χ1v) is 26.5. The monoisotopic (exact) mass is 994 g/mol. The van der Waals surface area contributed by atoms with Gasteiger partial charge in [0.1, 0.15) is 0 Å². The highest BCUT2D eigenvalue weighted by Gasteiger charge is 2.22. The summed E-state index contributed by atoms with van der Waals surface area (Å²) in [6.07, 6.45) is 1.88. The van der Waals surface area contributed by atoms with Crippen LogP contribution >= 0.6 is 0 Å². The second-order valence-corrected chi connectivity index (χ2v) is 20.2. The number of benzene rings is 11. The molecule has 0 N–H and O–H groups in total. The molecule has 5 aromatic heterocycles. The summed E-state index contributed by atoms with van der Waals surface area (Å²) in [5.74, 6) is 0.612. The summed E-state index contributed by atoms with van der Waals surface area (Å²) < 4.78 is 9.63. The third-order valence-electron chi connectivity index (χ3n) is 15.9. The summed E-state index contributed by atoms with van der Waals surface area (Å²) in [6.45, 7) is 4.08. The normalized spacial score (nSPS) is 11.9. The van der Waals surface area contributed by atoms with Crippen molar-refractivity contribution in [2.24, 2.45) is 0 Å². The van der Waals surface area contributed by atoms with Crippen molar-refractivity contribution in [3.8, 4) is 56.7 Å². The zero-order valence-corrected chi connectivity index (χ0v) is 42.3. The summed E-state index contributed by atoms with van der Waals surface area (Å²) in [7, 11) is 0. The maximum atomic E-state index is 5.76. The SMILES string of the molecule is C=Cc1ccc(-c2cc(-c3cc(-n4c5ccccc5c5ccccc54)cc(-n4c5ccccc5c5ccccc54)c3)nc(-c3cc(-n4c5ccccc5c5ccccc54)cc(-n4c5ccccc5c5ccccc54)c3)n2)cc1. The molecule has 16 rings (SSSR count). The Kier molecular flexibility index (Phi) is 9.69. The topological polar surface area (TPSA) is 45.5 Å². The van der Waals surface area contributed by atoms with E-state index in [0.717, 1.165) is 101 Å². The standard InChI is InChI=1S/C72H46N6/c1-2-46-35-37-47(38-36-46)62-45-63(48-39-50(75-64-27-11-3-19-54(64)55-20-4-12-28-65(55)75)43-51(40-48)76-66-29-13-5-21-56(66)57-22-6-14-30-67(57)76)74-72(73-62)49-41-52(77-68-31-15-7-23-58(68)59-24-8-16-32-69(59)77)44-53(42-49)78-70-33-17-9-25-60(70)61-26-10-18-34-71(61)78/h2-45H,1H2. The zero-order chi connectivity index (χ0) is 51.4. The van der Waals surface area contributed by atoms with Crippen LogP contribution in [0, 0.1) is 0 Å².